The van der Waals surface area contributed by atoms with Crippen molar-refractivity contribution in [3.8, 4) is 0 Å². The van der Waals surface area contributed by atoms with E-state index in [-0.39, 0.29) is 6.42 Å². The number of carbonyl (C=O) groups is 2. The van der Waals surface area contributed by atoms with Gasteiger partial charge in [-0.05, 0) is 31.2 Å². The lowest BCUT2D eigenvalue weighted by atomic mass is 10.0. The highest BCUT2D eigenvalue weighted by Gasteiger charge is 2.41. The number of hydrogen-bond donors (Lipinski definition) is 1. The van der Waals surface area contributed by atoms with E-state index >= 15 is 0 Å². The Bertz CT molecular complexity index is 745. The Balaban J connectivity index is 1.74. The molecule has 0 radical (unpaired) electrons. The summed E-state index contributed by atoms with van der Waals surface area (Å²) >= 11 is 0. The van der Waals surface area contributed by atoms with Gasteiger partial charge >= 0.3 is 11.9 Å². The molecule has 0 saturated carbocycles. The second-order valence-corrected chi connectivity index (χ2v) is 6.08. The first-order chi connectivity index (χ1) is 12.5. The highest BCUT2D eigenvalue weighted by molar-refractivity contribution is 5.90. The van der Waals surface area contributed by atoms with Crippen molar-refractivity contribution in [2.45, 2.75) is 37.9 Å². The Labute approximate surface area is 151 Å². The summed E-state index contributed by atoms with van der Waals surface area (Å²) in [6.07, 6.45) is -3.33. The van der Waals surface area contributed by atoms with Crippen molar-refractivity contribution in [1.82, 2.24) is 0 Å². The zero-order chi connectivity index (χ0) is 18.5. The maximum absolute atomic E-state index is 12.4. The number of hydrogen-bond acceptors (Lipinski definition) is 6. The van der Waals surface area contributed by atoms with Crippen LogP contribution in [0, 0.1) is 0 Å². The summed E-state index contributed by atoms with van der Waals surface area (Å²) < 4.78 is 16.4. The van der Waals surface area contributed by atoms with Gasteiger partial charge < -0.3 is 19.3 Å². The summed E-state index contributed by atoms with van der Waals surface area (Å²) in [5.41, 5.74) is 0.772. The first-order valence-corrected chi connectivity index (χ1v) is 8.40. The number of esters is 2. The lowest BCUT2D eigenvalue weighted by Gasteiger charge is -2.37. The zero-order valence-electron chi connectivity index (χ0n) is 14.3. The zero-order valence-corrected chi connectivity index (χ0v) is 14.3. The van der Waals surface area contributed by atoms with Crippen LogP contribution in [0.15, 0.2) is 60.7 Å². The van der Waals surface area contributed by atoms with E-state index in [1.165, 1.54) is 0 Å². The van der Waals surface area contributed by atoms with Crippen LogP contribution in [-0.2, 0) is 14.2 Å². The summed E-state index contributed by atoms with van der Waals surface area (Å²) in [6.45, 7) is 1.66. The third kappa shape index (κ3) is 4.28. The second-order valence-electron chi connectivity index (χ2n) is 6.08. The summed E-state index contributed by atoms with van der Waals surface area (Å²) in [5, 5.41) is 9.85. The van der Waals surface area contributed by atoms with E-state index in [2.05, 4.69) is 0 Å². The van der Waals surface area contributed by atoms with Crippen molar-refractivity contribution in [3.63, 3.8) is 0 Å². The summed E-state index contributed by atoms with van der Waals surface area (Å²) in [5.74, 6) is -1.08. The lowest BCUT2D eigenvalue weighted by Crippen LogP contribution is -2.51. The van der Waals surface area contributed by atoms with Gasteiger partial charge in [0.2, 0.25) is 0 Å². The minimum atomic E-state index is -1.09. The van der Waals surface area contributed by atoms with E-state index in [1.807, 2.05) is 0 Å². The molecule has 1 aliphatic heterocycles. The van der Waals surface area contributed by atoms with Crippen LogP contribution < -0.4 is 0 Å². The first kappa shape index (κ1) is 18.1. The molecule has 0 aliphatic carbocycles. The van der Waals surface area contributed by atoms with Gasteiger partial charge in [0.05, 0.1) is 17.2 Å². The van der Waals surface area contributed by atoms with Crippen molar-refractivity contribution in [1.29, 1.82) is 0 Å². The molecule has 26 heavy (non-hydrogen) atoms. The molecule has 1 saturated heterocycles. The van der Waals surface area contributed by atoms with Gasteiger partial charge in [-0.15, -0.1) is 0 Å². The average molecular weight is 356 g/mol. The quantitative estimate of drug-likeness (QED) is 0.848. The Morgan fingerprint density at radius 1 is 0.923 bits per heavy atom. The van der Waals surface area contributed by atoms with E-state index in [0.29, 0.717) is 11.1 Å². The second kappa shape index (κ2) is 8.12. The Hall–Kier alpha value is -2.70. The summed E-state index contributed by atoms with van der Waals surface area (Å²) in [7, 11) is 0. The third-order valence-electron chi connectivity index (χ3n) is 4.16. The predicted molar refractivity (Wildman–Crippen MR) is 92.5 cm³/mol. The SMILES string of the molecule is C[C@@H]1O[C@@H](O)C[C@@H](OC(=O)c2ccccc2)[C@H]1OC(=O)c1ccccc1. The standard InChI is InChI=1S/C20H20O6/c1-13-18(26-20(23)15-10-6-3-7-11-15)16(12-17(21)24-13)25-19(22)14-8-4-2-5-9-14/h2-11,13,16-18,21H,12H2,1H3/t13-,16+,17+,18-/m0/s1. The molecule has 3 rings (SSSR count). The van der Waals surface area contributed by atoms with Gasteiger partial charge in [0, 0.05) is 6.42 Å². The topological polar surface area (TPSA) is 82.1 Å². The van der Waals surface area contributed by atoms with Crippen LogP contribution in [0.2, 0.25) is 0 Å². The number of ether oxygens (including phenoxy) is 3. The normalized spacial score (nSPS) is 25.3. The number of carbonyl (C=O) groups excluding carboxylic acids is 2. The van der Waals surface area contributed by atoms with Crippen molar-refractivity contribution >= 4 is 11.9 Å². The van der Waals surface area contributed by atoms with Gasteiger partial charge in [-0.2, -0.15) is 0 Å². The Morgan fingerprint density at radius 3 is 1.96 bits per heavy atom. The van der Waals surface area contributed by atoms with Crippen LogP contribution in [0.1, 0.15) is 34.1 Å². The van der Waals surface area contributed by atoms with Crippen LogP contribution in [0.5, 0.6) is 0 Å². The van der Waals surface area contributed by atoms with E-state index < -0.39 is 36.5 Å². The van der Waals surface area contributed by atoms with Crippen LogP contribution in [0.25, 0.3) is 0 Å². The number of aliphatic hydroxyl groups is 1. The molecule has 0 bridgehead atoms. The molecular formula is C20H20O6. The Kier molecular flexibility index (Phi) is 5.65. The van der Waals surface area contributed by atoms with Crippen molar-refractivity contribution in [3.05, 3.63) is 71.8 Å². The van der Waals surface area contributed by atoms with E-state index in [0.717, 1.165) is 0 Å². The van der Waals surface area contributed by atoms with E-state index in [4.69, 9.17) is 14.2 Å². The molecule has 0 unspecified atom stereocenters. The maximum atomic E-state index is 12.4. The fraction of sp³-hybridized carbons (Fsp3) is 0.300. The predicted octanol–water partition coefficient (Wildman–Crippen LogP) is 2.56. The van der Waals surface area contributed by atoms with Gasteiger partial charge in [0.1, 0.15) is 6.10 Å². The molecule has 2 aromatic rings. The maximum Gasteiger partial charge on any atom is 0.338 e. The van der Waals surface area contributed by atoms with Crippen molar-refractivity contribution in [2.75, 3.05) is 0 Å². The fourth-order valence-electron chi connectivity index (χ4n) is 2.85. The molecule has 1 heterocycles. The largest absolute Gasteiger partial charge is 0.455 e. The number of aliphatic hydroxyl groups excluding tert-OH is 1. The molecule has 6 heteroatoms. The van der Waals surface area contributed by atoms with Gasteiger partial charge in [0.25, 0.3) is 0 Å². The Morgan fingerprint density at radius 2 is 1.42 bits per heavy atom. The summed E-state index contributed by atoms with van der Waals surface area (Å²) in [4.78, 5) is 24.7. The molecule has 0 amide bonds. The molecule has 1 N–H and O–H groups in total. The van der Waals surface area contributed by atoms with Crippen LogP contribution in [-0.4, -0.2) is 41.6 Å². The van der Waals surface area contributed by atoms with Gasteiger partial charge in [-0.1, -0.05) is 36.4 Å². The van der Waals surface area contributed by atoms with Gasteiger partial charge in [-0.25, -0.2) is 9.59 Å². The van der Waals surface area contributed by atoms with Gasteiger partial charge in [-0.3, -0.25) is 0 Å². The molecule has 2 aromatic carbocycles. The molecule has 1 fully saturated rings. The summed E-state index contributed by atoms with van der Waals surface area (Å²) in [6, 6.07) is 17.0. The molecular weight excluding hydrogens is 336 g/mol. The highest BCUT2D eigenvalue weighted by Crippen LogP contribution is 2.26. The molecule has 1 aliphatic rings. The number of rotatable bonds is 4. The first-order valence-electron chi connectivity index (χ1n) is 8.40. The molecule has 4 atom stereocenters. The van der Waals surface area contributed by atoms with Crippen LogP contribution in [0.3, 0.4) is 0 Å². The lowest BCUT2D eigenvalue weighted by molar-refractivity contribution is -0.226. The smallest absolute Gasteiger partial charge is 0.338 e. The molecule has 6 nitrogen and oxygen atoms in total. The molecule has 136 valence electrons. The van der Waals surface area contributed by atoms with Crippen LogP contribution >= 0.6 is 0 Å². The highest BCUT2D eigenvalue weighted by atomic mass is 16.7. The average Bonchev–Trinajstić information content (AvgIpc) is 2.65. The molecule has 0 aromatic heterocycles. The monoisotopic (exact) mass is 356 g/mol. The van der Waals surface area contributed by atoms with Crippen molar-refractivity contribution < 1.29 is 28.9 Å². The van der Waals surface area contributed by atoms with E-state index in [9.17, 15) is 14.7 Å². The minimum Gasteiger partial charge on any atom is -0.455 e. The minimum absolute atomic E-state index is 0.0235. The van der Waals surface area contributed by atoms with Crippen molar-refractivity contribution in [2.24, 2.45) is 0 Å². The molecule has 0 spiro atoms. The van der Waals surface area contributed by atoms with Gasteiger partial charge in [0.15, 0.2) is 12.4 Å². The fourth-order valence-corrected chi connectivity index (χ4v) is 2.85. The third-order valence-corrected chi connectivity index (χ3v) is 4.16. The van der Waals surface area contributed by atoms with Crippen LogP contribution in [0.4, 0.5) is 0 Å². The van der Waals surface area contributed by atoms with E-state index in [1.54, 1.807) is 67.6 Å². The number of benzene rings is 2.